The molecule has 30 heavy (non-hydrogen) atoms. The lowest BCUT2D eigenvalue weighted by Gasteiger charge is -2.37. The standard InChI is InChI=1S/C22H25FN2O5/c1-24(22(28)30-14-15-6-4-3-5-7-15)16-10-12-25(13-11-16)18-9-8-17(21(26)27)20(29-2)19(18)23/h3-9,16H,10-14H2,1-2H3,(H,26,27). The van der Waals surface area contributed by atoms with Gasteiger partial charge in [-0.2, -0.15) is 0 Å². The Bertz CT molecular complexity index is 898. The van der Waals surface area contributed by atoms with Crippen LogP contribution in [0.15, 0.2) is 42.5 Å². The van der Waals surface area contributed by atoms with Crippen LogP contribution >= 0.6 is 0 Å². The molecule has 7 nitrogen and oxygen atoms in total. The number of halogens is 1. The maximum atomic E-state index is 14.8. The Morgan fingerprint density at radius 2 is 1.83 bits per heavy atom. The lowest BCUT2D eigenvalue weighted by Crippen LogP contribution is -2.46. The van der Waals surface area contributed by atoms with Crippen LogP contribution in [0.1, 0.15) is 28.8 Å². The fourth-order valence-electron chi connectivity index (χ4n) is 3.62. The third kappa shape index (κ3) is 4.64. The van der Waals surface area contributed by atoms with Gasteiger partial charge in [0.1, 0.15) is 12.2 Å². The van der Waals surface area contributed by atoms with Crippen molar-refractivity contribution in [3.05, 3.63) is 59.4 Å². The molecule has 0 bridgehead atoms. The highest BCUT2D eigenvalue weighted by atomic mass is 19.1. The average Bonchev–Trinajstić information content (AvgIpc) is 2.77. The van der Waals surface area contributed by atoms with Crippen molar-refractivity contribution in [3.63, 3.8) is 0 Å². The summed E-state index contributed by atoms with van der Waals surface area (Å²) in [7, 11) is 2.95. The molecule has 0 atom stereocenters. The minimum atomic E-state index is -1.24. The number of benzene rings is 2. The minimum absolute atomic E-state index is 0.0206. The van der Waals surface area contributed by atoms with E-state index in [-0.39, 0.29) is 24.0 Å². The van der Waals surface area contributed by atoms with Crippen molar-refractivity contribution in [1.82, 2.24) is 4.90 Å². The van der Waals surface area contributed by atoms with Crippen molar-refractivity contribution in [3.8, 4) is 5.75 Å². The first-order valence-electron chi connectivity index (χ1n) is 9.70. The van der Waals surface area contributed by atoms with Crippen molar-refractivity contribution in [2.24, 2.45) is 0 Å². The number of carbonyl (C=O) groups excluding carboxylic acids is 1. The Labute approximate surface area is 174 Å². The summed E-state index contributed by atoms with van der Waals surface area (Å²) in [5.74, 6) is -2.21. The van der Waals surface area contributed by atoms with E-state index in [0.717, 1.165) is 5.56 Å². The maximum absolute atomic E-state index is 14.8. The zero-order valence-corrected chi connectivity index (χ0v) is 17.0. The van der Waals surface area contributed by atoms with Gasteiger partial charge in [-0.15, -0.1) is 0 Å². The molecule has 1 aliphatic heterocycles. The number of piperidine rings is 1. The molecule has 1 heterocycles. The van der Waals surface area contributed by atoms with Crippen molar-refractivity contribution < 1.29 is 28.6 Å². The number of methoxy groups -OCH3 is 1. The number of carboxylic acid groups (broad SMARTS) is 1. The second kappa shape index (κ2) is 9.47. The molecule has 0 spiro atoms. The van der Waals surface area contributed by atoms with Crippen molar-refractivity contribution in [2.45, 2.75) is 25.5 Å². The number of carboxylic acids is 1. The number of aromatic carboxylic acids is 1. The predicted octanol–water partition coefficient (Wildman–Crippen LogP) is 3.77. The van der Waals surface area contributed by atoms with Gasteiger partial charge in [0.15, 0.2) is 11.6 Å². The van der Waals surface area contributed by atoms with E-state index in [2.05, 4.69) is 0 Å². The Hall–Kier alpha value is -3.29. The minimum Gasteiger partial charge on any atom is -0.493 e. The molecule has 1 saturated heterocycles. The number of carbonyl (C=O) groups is 2. The average molecular weight is 416 g/mol. The van der Waals surface area contributed by atoms with E-state index in [1.54, 1.807) is 11.9 Å². The van der Waals surface area contributed by atoms with Crippen LogP contribution in [-0.4, -0.2) is 55.4 Å². The number of hydrogen-bond donors (Lipinski definition) is 1. The molecular formula is C22H25FN2O5. The van der Waals surface area contributed by atoms with Gasteiger partial charge in [0.25, 0.3) is 0 Å². The molecule has 3 rings (SSSR count). The molecule has 8 heteroatoms. The third-order valence-corrected chi connectivity index (χ3v) is 5.36. The topological polar surface area (TPSA) is 79.3 Å². The van der Waals surface area contributed by atoms with Gasteiger partial charge >= 0.3 is 12.1 Å². The highest BCUT2D eigenvalue weighted by Gasteiger charge is 2.29. The lowest BCUT2D eigenvalue weighted by atomic mass is 10.0. The van der Waals surface area contributed by atoms with Crippen LogP contribution in [0, 0.1) is 5.82 Å². The number of anilines is 1. The Morgan fingerprint density at radius 1 is 1.17 bits per heavy atom. The zero-order valence-electron chi connectivity index (χ0n) is 17.0. The van der Waals surface area contributed by atoms with Gasteiger partial charge in [0, 0.05) is 26.2 Å². The summed E-state index contributed by atoms with van der Waals surface area (Å²) in [5.41, 5.74) is 1.00. The predicted molar refractivity (Wildman–Crippen MR) is 110 cm³/mol. The summed E-state index contributed by atoms with van der Waals surface area (Å²) in [6.07, 6.45) is 0.884. The Kier molecular flexibility index (Phi) is 6.76. The van der Waals surface area contributed by atoms with E-state index < -0.39 is 17.9 Å². The molecule has 0 saturated carbocycles. The molecule has 0 unspecified atom stereocenters. The van der Waals surface area contributed by atoms with Crippen LogP contribution in [0.5, 0.6) is 5.75 Å². The number of ether oxygens (including phenoxy) is 2. The molecule has 0 aliphatic carbocycles. The smallest absolute Gasteiger partial charge is 0.410 e. The summed E-state index contributed by atoms with van der Waals surface area (Å²) >= 11 is 0. The van der Waals surface area contributed by atoms with Crippen LogP contribution in [-0.2, 0) is 11.3 Å². The maximum Gasteiger partial charge on any atom is 0.410 e. The van der Waals surface area contributed by atoms with Crippen LogP contribution in [0.2, 0.25) is 0 Å². The summed E-state index contributed by atoms with van der Waals surface area (Å²) < 4.78 is 25.2. The van der Waals surface area contributed by atoms with Gasteiger partial charge in [0.2, 0.25) is 0 Å². The number of hydrogen-bond acceptors (Lipinski definition) is 5. The van der Waals surface area contributed by atoms with Crippen LogP contribution < -0.4 is 9.64 Å². The summed E-state index contributed by atoms with van der Waals surface area (Å²) in [5, 5.41) is 9.18. The molecular weight excluding hydrogens is 391 g/mol. The fourth-order valence-corrected chi connectivity index (χ4v) is 3.62. The van der Waals surface area contributed by atoms with E-state index in [0.29, 0.717) is 31.6 Å². The second-order valence-electron chi connectivity index (χ2n) is 7.15. The first-order chi connectivity index (χ1) is 14.4. The molecule has 2 aromatic rings. The van der Waals surface area contributed by atoms with Crippen LogP contribution in [0.3, 0.4) is 0 Å². The van der Waals surface area contributed by atoms with E-state index in [1.165, 1.54) is 19.2 Å². The molecule has 0 radical (unpaired) electrons. The first kappa shape index (κ1) is 21.4. The highest BCUT2D eigenvalue weighted by Crippen LogP contribution is 2.33. The first-order valence-corrected chi connectivity index (χ1v) is 9.70. The van der Waals surface area contributed by atoms with Crippen LogP contribution in [0.25, 0.3) is 0 Å². The summed E-state index contributed by atoms with van der Waals surface area (Å²) in [6.45, 7) is 1.25. The molecule has 0 aromatic heterocycles. The van der Waals surface area contributed by atoms with Crippen molar-refractivity contribution in [2.75, 3.05) is 32.1 Å². The van der Waals surface area contributed by atoms with Crippen molar-refractivity contribution >= 4 is 17.7 Å². The lowest BCUT2D eigenvalue weighted by molar-refractivity contribution is 0.0692. The molecule has 1 N–H and O–H groups in total. The molecule has 1 fully saturated rings. The fraction of sp³-hybridized carbons (Fsp3) is 0.364. The van der Waals surface area contributed by atoms with Crippen molar-refractivity contribution in [1.29, 1.82) is 0 Å². The quantitative estimate of drug-likeness (QED) is 0.772. The number of nitrogens with zero attached hydrogens (tertiary/aromatic N) is 2. The monoisotopic (exact) mass is 416 g/mol. The SMILES string of the molecule is COc1c(C(=O)O)ccc(N2CCC(N(C)C(=O)OCc3ccccc3)CC2)c1F. The van der Waals surface area contributed by atoms with Gasteiger partial charge in [-0.1, -0.05) is 30.3 Å². The van der Waals surface area contributed by atoms with E-state index >= 15 is 0 Å². The highest BCUT2D eigenvalue weighted by molar-refractivity contribution is 5.91. The second-order valence-corrected chi connectivity index (χ2v) is 7.15. The molecule has 1 aliphatic rings. The molecule has 1 amide bonds. The normalized spacial score (nSPS) is 14.3. The largest absolute Gasteiger partial charge is 0.493 e. The molecule has 160 valence electrons. The summed E-state index contributed by atoms with van der Waals surface area (Å²) in [6, 6.07) is 12.2. The van der Waals surface area contributed by atoms with Gasteiger partial charge in [-0.3, -0.25) is 0 Å². The Morgan fingerprint density at radius 3 is 2.43 bits per heavy atom. The number of amides is 1. The Balaban J connectivity index is 1.59. The van der Waals surface area contributed by atoms with E-state index in [9.17, 15) is 19.1 Å². The summed E-state index contributed by atoms with van der Waals surface area (Å²) in [4.78, 5) is 27.0. The zero-order chi connectivity index (χ0) is 21.7. The van der Waals surface area contributed by atoms with Gasteiger partial charge in [-0.05, 0) is 30.5 Å². The van der Waals surface area contributed by atoms with Gasteiger partial charge in [-0.25, -0.2) is 14.0 Å². The van der Waals surface area contributed by atoms with E-state index in [4.69, 9.17) is 9.47 Å². The van der Waals surface area contributed by atoms with Crippen LogP contribution in [0.4, 0.5) is 14.9 Å². The number of rotatable bonds is 6. The third-order valence-electron chi connectivity index (χ3n) is 5.36. The van der Waals surface area contributed by atoms with Gasteiger partial charge < -0.3 is 24.4 Å². The van der Waals surface area contributed by atoms with E-state index in [1.807, 2.05) is 35.2 Å². The van der Waals surface area contributed by atoms with Gasteiger partial charge in [0.05, 0.1) is 12.8 Å². The molecule has 2 aromatic carbocycles.